The Kier molecular flexibility index (Phi) is 3.67. The second kappa shape index (κ2) is 5.03. The second-order valence-corrected chi connectivity index (χ2v) is 5.43. The largest absolute Gasteiger partial charge is 0.545 e. The molecule has 0 amide bonds. The molecule has 0 atom stereocenters. The first-order valence-electron chi connectivity index (χ1n) is 6.60. The zero-order valence-electron chi connectivity index (χ0n) is 9.91. The van der Waals surface area contributed by atoms with Crippen LogP contribution < -0.4 is 5.11 Å². The molecule has 0 aromatic rings. The molecule has 0 heterocycles. The highest BCUT2D eigenvalue weighted by Crippen LogP contribution is 2.44. The third-order valence-electron chi connectivity index (χ3n) is 4.48. The van der Waals surface area contributed by atoms with Gasteiger partial charge in [-0.1, -0.05) is 32.3 Å². The summed E-state index contributed by atoms with van der Waals surface area (Å²) in [6.07, 6.45) is 9.78. The van der Waals surface area contributed by atoms with Crippen molar-refractivity contribution in [3.63, 3.8) is 0 Å². The van der Waals surface area contributed by atoms with Crippen LogP contribution in [0.4, 0.5) is 0 Å². The molecule has 0 unspecified atom stereocenters. The zero-order chi connectivity index (χ0) is 11.5. The summed E-state index contributed by atoms with van der Waals surface area (Å²) in [7, 11) is 0. The summed E-state index contributed by atoms with van der Waals surface area (Å²) >= 11 is 0. The van der Waals surface area contributed by atoms with Gasteiger partial charge in [-0.05, 0) is 49.0 Å². The summed E-state index contributed by atoms with van der Waals surface area (Å²) in [5.74, 6) is 0.306. The first-order chi connectivity index (χ1) is 7.70. The molecule has 2 heteroatoms. The van der Waals surface area contributed by atoms with Gasteiger partial charge in [0.25, 0.3) is 0 Å². The molecule has 2 saturated carbocycles. The number of carbonyl (C=O) groups excluding carboxylic acids is 1. The lowest BCUT2D eigenvalue weighted by atomic mass is 9.75. The van der Waals surface area contributed by atoms with Crippen molar-refractivity contribution in [2.75, 3.05) is 0 Å². The zero-order valence-corrected chi connectivity index (χ0v) is 9.91. The van der Waals surface area contributed by atoms with Crippen LogP contribution in [0.25, 0.3) is 0 Å². The molecule has 0 bridgehead atoms. The highest BCUT2D eigenvalue weighted by Gasteiger charge is 2.34. The maximum absolute atomic E-state index is 11.0. The lowest BCUT2D eigenvalue weighted by molar-refractivity contribution is -0.300. The summed E-state index contributed by atoms with van der Waals surface area (Å²) in [4.78, 5) is 11.0. The molecule has 2 nitrogen and oxygen atoms in total. The van der Waals surface area contributed by atoms with E-state index in [1.807, 2.05) is 0 Å². The molecule has 2 fully saturated rings. The molecule has 16 heavy (non-hydrogen) atoms. The smallest absolute Gasteiger partial charge is 0.0671 e. The minimum atomic E-state index is -1.02. The Morgan fingerprint density at radius 3 is 1.69 bits per heavy atom. The maximum Gasteiger partial charge on any atom is 0.0671 e. The summed E-state index contributed by atoms with van der Waals surface area (Å²) in [6.45, 7) is 3.78. The van der Waals surface area contributed by atoms with Crippen molar-refractivity contribution in [2.24, 2.45) is 17.8 Å². The Bertz CT molecular complexity index is 254. The molecule has 2 aliphatic rings. The molecule has 0 aliphatic heterocycles. The van der Waals surface area contributed by atoms with Crippen molar-refractivity contribution in [2.45, 2.75) is 51.4 Å². The van der Waals surface area contributed by atoms with E-state index in [0.29, 0.717) is 17.4 Å². The number of carboxylic acid groups (broad SMARTS) is 1. The van der Waals surface area contributed by atoms with Crippen LogP contribution in [-0.4, -0.2) is 5.97 Å². The van der Waals surface area contributed by atoms with Gasteiger partial charge in [-0.15, -0.1) is 0 Å². The topological polar surface area (TPSA) is 40.1 Å². The van der Waals surface area contributed by atoms with Crippen molar-refractivity contribution in [1.29, 1.82) is 0 Å². The highest BCUT2D eigenvalue weighted by atomic mass is 16.4. The Labute approximate surface area is 97.7 Å². The van der Waals surface area contributed by atoms with E-state index in [9.17, 15) is 9.90 Å². The Morgan fingerprint density at radius 1 is 1.00 bits per heavy atom. The van der Waals surface area contributed by atoms with Gasteiger partial charge in [0.15, 0.2) is 0 Å². The van der Waals surface area contributed by atoms with E-state index in [2.05, 4.69) is 6.58 Å². The predicted octanol–water partition coefficient (Wildman–Crippen LogP) is 2.29. The number of hydrogen-bond donors (Lipinski definition) is 0. The van der Waals surface area contributed by atoms with Gasteiger partial charge in [0.1, 0.15) is 0 Å². The number of carbonyl (C=O) groups is 1. The van der Waals surface area contributed by atoms with Crippen LogP contribution in [0.5, 0.6) is 0 Å². The van der Waals surface area contributed by atoms with E-state index in [4.69, 9.17) is 0 Å². The molecule has 0 spiro atoms. The van der Waals surface area contributed by atoms with Crippen LogP contribution in [0.1, 0.15) is 51.4 Å². The molecular weight excluding hydrogens is 200 g/mol. The van der Waals surface area contributed by atoms with Crippen LogP contribution in [0.2, 0.25) is 0 Å². The standard InChI is InChI=1S/C14H22O2/c1-10(14(15)16)13(11-6-2-3-7-11)12-8-4-5-9-12/h11-13H,1-9H2,(H,15,16)/p-1. The number of hydrogen-bond acceptors (Lipinski definition) is 2. The van der Waals surface area contributed by atoms with E-state index in [1.165, 1.54) is 51.4 Å². The molecule has 0 N–H and O–H groups in total. The SMILES string of the molecule is C=C(C(=O)[O-])C(C1CCCC1)C1CCCC1. The minimum absolute atomic E-state index is 0.204. The average Bonchev–Trinajstić information content (AvgIpc) is 2.89. The van der Waals surface area contributed by atoms with Crippen molar-refractivity contribution < 1.29 is 9.90 Å². The van der Waals surface area contributed by atoms with Gasteiger partial charge in [-0.2, -0.15) is 0 Å². The van der Waals surface area contributed by atoms with Gasteiger partial charge in [0.2, 0.25) is 0 Å². The fourth-order valence-corrected chi connectivity index (χ4v) is 3.72. The van der Waals surface area contributed by atoms with Crippen molar-refractivity contribution in [3.05, 3.63) is 12.2 Å². The lowest BCUT2D eigenvalue weighted by Crippen LogP contribution is -2.33. The fourth-order valence-electron chi connectivity index (χ4n) is 3.72. The van der Waals surface area contributed by atoms with E-state index in [1.54, 1.807) is 0 Å². The quantitative estimate of drug-likeness (QED) is 0.683. The highest BCUT2D eigenvalue weighted by molar-refractivity contribution is 5.84. The number of aliphatic carboxylic acids is 1. The van der Waals surface area contributed by atoms with Gasteiger partial charge in [0, 0.05) is 0 Å². The summed E-state index contributed by atoms with van der Waals surface area (Å²) in [5, 5.41) is 11.0. The van der Waals surface area contributed by atoms with Crippen molar-refractivity contribution >= 4 is 5.97 Å². The van der Waals surface area contributed by atoms with Crippen LogP contribution in [-0.2, 0) is 4.79 Å². The predicted molar refractivity (Wildman–Crippen MR) is 61.6 cm³/mol. The van der Waals surface area contributed by atoms with Gasteiger partial charge < -0.3 is 9.90 Å². The molecule has 2 rings (SSSR count). The molecular formula is C14H21O2-. The van der Waals surface area contributed by atoms with Gasteiger partial charge >= 0.3 is 0 Å². The molecule has 0 aromatic heterocycles. The summed E-state index contributed by atoms with van der Waals surface area (Å²) < 4.78 is 0. The number of rotatable bonds is 4. The molecule has 2 aliphatic carbocycles. The average molecular weight is 221 g/mol. The van der Waals surface area contributed by atoms with Gasteiger partial charge in [0.05, 0.1) is 5.97 Å². The van der Waals surface area contributed by atoms with Crippen LogP contribution >= 0.6 is 0 Å². The Balaban J connectivity index is 2.10. The van der Waals surface area contributed by atoms with Crippen LogP contribution in [0.15, 0.2) is 12.2 Å². The van der Waals surface area contributed by atoms with Crippen LogP contribution in [0, 0.1) is 17.8 Å². The summed E-state index contributed by atoms with van der Waals surface area (Å²) in [6, 6.07) is 0. The van der Waals surface area contributed by atoms with E-state index in [0.717, 1.165) is 0 Å². The lowest BCUT2D eigenvalue weighted by Gasteiger charge is -2.31. The van der Waals surface area contributed by atoms with E-state index >= 15 is 0 Å². The fraction of sp³-hybridized carbons (Fsp3) is 0.786. The third kappa shape index (κ3) is 2.31. The molecule has 90 valence electrons. The molecule has 0 aromatic carbocycles. The van der Waals surface area contributed by atoms with Gasteiger partial charge in [-0.25, -0.2) is 0 Å². The van der Waals surface area contributed by atoms with Crippen LogP contribution in [0.3, 0.4) is 0 Å². The molecule has 0 saturated heterocycles. The normalized spacial score (nSPS) is 23.1. The van der Waals surface area contributed by atoms with Crippen molar-refractivity contribution in [1.82, 2.24) is 0 Å². The second-order valence-electron chi connectivity index (χ2n) is 5.43. The van der Waals surface area contributed by atoms with E-state index < -0.39 is 5.97 Å². The van der Waals surface area contributed by atoms with Gasteiger partial charge in [-0.3, -0.25) is 0 Å². The maximum atomic E-state index is 11.0. The summed E-state index contributed by atoms with van der Waals surface area (Å²) in [5.41, 5.74) is 0.374. The van der Waals surface area contributed by atoms with Crippen molar-refractivity contribution in [3.8, 4) is 0 Å². The Hall–Kier alpha value is -0.790. The minimum Gasteiger partial charge on any atom is -0.545 e. The van der Waals surface area contributed by atoms with E-state index in [-0.39, 0.29) is 5.92 Å². The first kappa shape index (κ1) is 11.7. The third-order valence-corrected chi connectivity index (χ3v) is 4.48. The molecule has 0 radical (unpaired) electrons. The number of carboxylic acids is 1. The first-order valence-corrected chi connectivity index (χ1v) is 6.60. The Morgan fingerprint density at radius 2 is 1.38 bits per heavy atom. The monoisotopic (exact) mass is 221 g/mol.